The molecule has 1 aromatic heterocycles. The molecule has 94 valence electrons. The molecule has 0 aliphatic rings. The van der Waals surface area contributed by atoms with Gasteiger partial charge in [-0.3, -0.25) is 4.79 Å². The summed E-state index contributed by atoms with van der Waals surface area (Å²) < 4.78 is 0. The third kappa shape index (κ3) is 2.92. The van der Waals surface area contributed by atoms with Crippen molar-refractivity contribution in [3.05, 3.63) is 23.9 Å². The van der Waals surface area contributed by atoms with Crippen LogP contribution in [0, 0.1) is 0 Å². The fourth-order valence-electron chi connectivity index (χ4n) is 1.22. The molecule has 1 heterocycles. The lowest BCUT2D eigenvalue weighted by Crippen LogP contribution is -2.47. The number of nitrogen functional groups attached to an aromatic ring is 1. The summed E-state index contributed by atoms with van der Waals surface area (Å²) in [5.74, 6) is 5.46. The van der Waals surface area contributed by atoms with Gasteiger partial charge < -0.3 is 15.4 Å². The van der Waals surface area contributed by atoms with Gasteiger partial charge in [-0.2, -0.15) is 0 Å². The van der Waals surface area contributed by atoms with Crippen molar-refractivity contribution in [3.8, 4) is 0 Å². The number of nitrogens with one attached hydrogen (secondary N) is 1. The second-order valence-electron chi connectivity index (χ2n) is 4.41. The summed E-state index contributed by atoms with van der Waals surface area (Å²) in [6.45, 7) is 3.46. The Balaban J connectivity index is 2.96. The molecule has 0 aliphatic heterocycles. The Morgan fingerprint density at radius 3 is 2.82 bits per heavy atom. The summed E-state index contributed by atoms with van der Waals surface area (Å²) >= 11 is 0. The van der Waals surface area contributed by atoms with Gasteiger partial charge in [0.25, 0.3) is 5.91 Å². The number of hydrogen-bond acceptors (Lipinski definition) is 5. The fraction of sp³-hybridized carbons (Fsp3) is 0.455. The number of anilines is 1. The quantitative estimate of drug-likeness (QED) is 0.515. The van der Waals surface area contributed by atoms with E-state index in [2.05, 4.69) is 10.4 Å². The third-order valence-corrected chi connectivity index (χ3v) is 2.75. The summed E-state index contributed by atoms with van der Waals surface area (Å²) in [6, 6.07) is 3.17. The van der Waals surface area contributed by atoms with Crippen molar-refractivity contribution in [2.75, 3.05) is 19.1 Å². The standard InChI is InChI=1S/C11H18N4O2/c1-11(2,7-16)15(3)10(17)8-4-5-13-9(6-8)14-12/h4-6,16H,7,12H2,1-3H3,(H,13,14). The maximum atomic E-state index is 12.1. The van der Waals surface area contributed by atoms with E-state index in [0.717, 1.165) is 0 Å². The van der Waals surface area contributed by atoms with E-state index < -0.39 is 5.54 Å². The van der Waals surface area contributed by atoms with E-state index in [1.54, 1.807) is 33.0 Å². The monoisotopic (exact) mass is 238 g/mol. The summed E-state index contributed by atoms with van der Waals surface area (Å²) in [5.41, 5.74) is 2.24. The van der Waals surface area contributed by atoms with Gasteiger partial charge in [0.05, 0.1) is 12.1 Å². The smallest absolute Gasteiger partial charge is 0.254 e. The molecule has 17 heavy (non-hydrogen) atoms. The second kappa shape index (κ2) is 5.11. The summed E-state index contributed by atoms with van der Waals surface area (Å²) in [5, 5.41) is 9.22. The number of aromatic nitrogens is 1. The van der Waals surface area contributed by atoms with Crippen molar-refractivity contribution in [2.24, 2.45) is 5.84 Å². The van der Waals surface area contributed by atoms with Crippen LogP contribution in [0.2, 0.25) is 0 Å². The molecular formula is C11H18N4O2. The molecular weight excluding hydrogens is 220 g/mol. The number of rotatable bonds is 4. The first kappa shape index (κ1) is 13.4. The second-order valence-corrected chi connectivity index (χ2v) is 4.41. The number of nitrogens with two attached hydrogens (primary N) is 1. The van der Waals surface area contributed by atoms with E-state index in [1.165, 1.54) is 11.1 Å². The molecule has 1 rings (SSSR count). The molecule has 0 aliphatic carbocycles. The van der Waals surface area contributed by atoms with Crippen molar-refractivity contribution in [1.29, 1.82) is 0 Å². The molecule has 6 nitrogen and oxygen atoms in total. The normalized spacial score (nSPS) is 11.1. The first-order valence-electron chi connectivity index (χ1n) is 5.24. The molecule has 0 radical (unpaired) electrons. The van der Waals surface area contributed by atoms with Crippen molar-refractivity contribution in [2.45, 2.75) is 19.4 Å². The molecule has 0 atom stereocenters. The average Bonchev–Trinajstić information content (AvgIpc) is 2.37. The number of aliphatic hydroxyl groups excluding tert-OH is 1. The van der Waals surface area contributed by atoms with Gasteiger partial charge in [0.1, 0.15) is 5.82 Å². The predicted molar refractivity (Wildman–Crippen MR) is 65.3 cm³/mol. The first-order valence-corrected chi connectivity index (χ1v) is 5.24. The number of carbonyl (C=O) groups excluding carboxylic acids is 1. The highest BCUT2D eigenvalue weighted by molar-refractivity contribution is 5.95. The van der Waals surface area contributed by atoms with Gasteiger partial charge in [-0.1, -0.05) is 0 Å². The van der Waals surface area contributed by atoms with E-state index in [9.17, 15) is 9.90 Å². The third-order valence-electron chi connectivity index (χ3n) is 2.75. The van der Waals surface area contributed by atoms with E-state index >= 15 is 0 Å². The van der Waals surface area contributed by atoms with Gasteiger partial charge >= 0.3 is 0 Å². The molecule has 0 saturated carbocycles. The SMILES string of the molecule is CN(C(=O)c1ccnc(NN)c1)C(C)(C)CO. The number of pyridine rings is 1. The van der Waals surface area contributed by atoms with Crippen LogP contribution < -0.4 is 11.3 Å². The Morgan fingerprint density at radius 2 is 2.29 bits per heavy atom. The van der Waals surface area contributed by atoms with Crippen molar-refractivity contribution >= 4 is 11.7 Å². The molecule has 6 heteroatoms. The van der Waals surface area contributed by atoms with Crippen LogP contribution >= 0.6 is 0 Å². The van der Waals surface area contributed by atoms with Crippen LogP contribution in [0.3, 0.4) is 0 Å². The highest BCUT2D eigenvalue weighted by atomic mass is 16.3. The molecule has 0 aromatic carbocycles. The zero-order valence-corrected chi connectivity index (χ0v) is 10.3. The van der Waals surface area contributed by atoms with Crippen LogP contribution in [0.5, 0.6) is 0 Å². The zero-order chi connectivity index (χ0) is 13.1. The summed E-state index contributed by atoms with van der Waals surface area (Å²) in [7, 11) is 1.65. The van der Waals surface area contributed by atoms with Gasteiger partial charge in [0.15, 0.2) is 0 Å². The molecule has 4 N–H and O–H groups in total. The Bertz CT molecular complexity index is 406. The number of nitrogens with zero attached hydrogens (tertiary/aromatic N) is 2. The minimum Gasteiger partial charge on any atom is -0.394 e. The Labute approximate surface area is 100 Å². The molecule has 1 amide bonds. The van der Waals surface area contributed by atoms with Gasteiger partial charge in [-0.05, 0) is 26.0 Å². The van der Waals surface area contributed by atoms with Crippen LogP contribution in [0.25, 0.3) is 0 Å². The van der Waals surface area contributed by atoms with Gasteiger partial charge in [0, 0.05) is 18.8 Å². The van der Waals surface area contributed by atoms with E-state index in [-0.39, 0.29) is 12.5 Å². The van der Waals surface area contributed by atoms with Gasteiger partial charge in [-0.25, -0.2) is 10.8 Å². The van der Waals surface area contributed by atoms with Crippen LogP contribution in [0.1, 0.15) is 24.2 Å². The maximum absolute atomic E-state index is 12.1. The van der Waals surface area contributed by atoms with Crippen LogP contribution in [-0.4, -0.2) is 40.1 Å². The summed E-state index contributed by atoms with van der Waals surface area (Å²) in [4.78, 5) is 17.6. The lowest BCUT2D eigenvalue weighted by Gasteiger charge is -2.34. The minimum absolute atomic E-state index is 0.109. The average molecular weight is 238 g/mol. The van der Waals surface area contributed by atoms with Crippen molar-refractivity contribution in [1.82, 2.24) is 9.88 Å². The van der Waals surface area contributed by atoms with Gasteiger partial charge in [-0.15, -0.1) is 0 Å². The number of carbonyl (C=O) groups is 1. The number of amides is 1. The predicted octanol–water partition coefficient (Wildman–Crippen LogP) is 0.210. The van der Waals surface area contributed by atoms with Gasteiger partial charge in [0.2, 0.25) is 0 Å². The minimum atomic E-state index is -0.614. The number of likely N-dealkylation sites (N-methyl/N-ethyl adjacent to an activating group) is 1. The van der Waals surface area contributed by atoms with Crippen molar-refractivity contribution in [3.63, 3.8) is 0 Å². The van der Waals surface area contributed by atoms with E-state index in [1.807, 2.05) is 0 Å². The Morgan fingerprint density at radius 1 is 1.65 bits per heavy atom. The molecule has 0 saturated heterocycles. The first-order chi connectivity index (χ1) is 7.92. The Hall–Kier alpha value is -1.66. The van der Waals surface area contributed by atoms with E-state index in [4.69, 9.17) is 5.84 Å². The highest BCUT2D eigenvalue weighted by Crippen LogP contribution is 2.16. The van der Waals surface area contributed by atoms with Crippen LogP contribution in [-0.2, 0) is 0 Å². The lowest BCUT2D eigenvalue weighted by atomic mass is 10.0. The largest absolute Gasteiger partial charge is 0.394 e. The molecule has 0 unspecified atom stereocenters. The molecule has 0 bridgehead atoms. The number of aliphatic hydroxyl groups is 1. The number of hydrogen-bond donors (Lipinski definition) is 3. The topological polar surface area (TPSA) is 91.5 Å². The summed E-state index contributed by atoms with van der Waals surface area (Å²) in [6.07, 6.45) is 1.50. The maximum Gasteiger partial charge on any atom is 0.254 e. The molecule has 0 fully saturated rings. The van der Waals surface area contributed by atoms with Crippen LogP contribution in [0.4, 0.5) is 5.82 Å². The fourth-order valence-corrected chi connectivity index (χ4v) is 1.22. The zero-order valence-electron chi connectivity index (χ0n) is 10.3. The van der Waals surface area contributed by atoms with Crippen molar-refractivity contribution < 1.29 is 9.90 Å². The highest BCUT2D eigenvalue weighted by Gasteiger charge is 2.27. The Kier molecular flexibility index (Phi) is 4.03. The molecule has 1 aromatic rings. The lowest BCUT2D eigenvalue weighted by molar-refractivity contribution is 0.0473. The number of hydrazine groups is 1. The van der Waals surface area contributed by atoms with E-state index in [0.29, 0.717) is 11.4 Å². The van der Waals surface area contributed by atoms with Crippen LogP contribution in [0.15, 0.2) is 18.3 Å². The molecule has 0 spiro atoms.